The van der Waals surface area contributed by atoms with Crippen LogP contribution in [0, 0.1) is 6.20 Å². The number of rotatable bonds is 1. The summed E-state index contributed by atoms with van der Waals surface area (Å²) in [7, 11) is 0. The van der Waals surface area contributed by atoms with E-state index in [1.54, 1.807) is 24.7 Å². The van der Waals surface area contributed by atoms with E-state index in [0.29, 0.717) is 0 Å². The van der Waals surface area contributed by atoms with E-state index in [9.17, 15) is 0 Å². The van der Waals surface area contributed by atoms with Crippen molar-refractivity contribution in [1.29, 1.82) is 0 Å². The van der Waals surface area contributed by atoms with Gasteiger partial charge in [0, 0.05) is 6.20 Å². The van der Waals surface area contributed by atoms with Crippen molar-refractivity contribution in [3.63, 3.8) is 0 Å². The van der Waals surface area contributed by atoms with Gasteiger partial charge in [-0.25, -0.2) is 0 Å². The van der Waals surface area contributed by atoms with Gasteiger partial charge >= 0.3 is 51.4 Å². The van der Waals surface area contributed by atoms with Gasteiger partial charge < -0.3 is 20.3 Å². The molecule has 3 aromatic rings. The molecule has 0 aromatic carbocycles. The van der Waals surface area contributed by atoms with E-state index in [4.69, 9.17) is 0 Å². The number of nitrogens with one attached hydrogen (secondary N) is 1. The summed E-state index contributed by atoms with van der Waals surface area (Å²) in [4.78, 5) is 4.08. The van der Waals surface area contributed by atoms with Gasteiger partial charge in [-0.2, -0.15) is 12.3 Å². The fraction of sp³-hybridized carbons (Fsp3) is 0.308. The first-order valence-electron chi connectivity index (χ1n) is 5.99. The van der Waals surface area contributed by atoms with Gasteiger partial charge in [-0.15, -0.1) is 6.20 Å². The van der Waals surface area contributed by atoms with Gasteiger partial charge in [-0.3, -0.25) is 5.10 Å². The summed E-state index contributed by atoms with van der Waals surface area (Å²) in [5.41, 5.74) is 2.02. The molecule has 1 N–H and O–H groups in total. The second kappa shape index (κ2) is 11.3. The largest absolute Gasteiger partial charge is 1.00 e. The first kappa shape index (κ1) is 18.5. The predicted octanol–water partition coefficient (Wildman–Crippen LogP) is -0.611. The molecule has 6 heteroatoms. The Kier molecular flexibility index (Phi) is 11.0. The number of nitrogens with zero attached hydrogens (tertiary/aromatic N) is 4. The van der Waals surface area contributed by atoms with Gasteiger partial charge in [0.2, 0.25) is 0 Å². The third-order valence-electron chi connectivity index (χ3n) is 2.14. The molecule has 3 aromatic heterocycles. The summed E-state index contributed by atoms with van der Waals surface area (Å²) >= 11 is 0. The summed E-state index contributed by atoms with van der Waals surface area (Å²) < 4.78 is 0. The number of H-pyrrole nitrogens is 1. The molecule has 5 nitrogen and oxygen atoms in total. The summed E-state index contributed by atoms with van der Waals surface area (Å²) in [6.45, 7) is 6.11. The molecular formula is C13H17KN5-. The number of aromatic amines is 1. The van der Waals surface area contributed by atoms with Crippen molar-refractivity contribution in [2.24, 2.45) is 0 Å². The molecule has 0 aliphatic heterocycles. The number of fused-ring (bicyclic) bond motifs is 1. The first-order valence-corrected chi connectivity index (χ1v) is 5.99. The maximum absolute atomic E-state index is 4.08. The van der Waals surface area contributed by atoms with Crippen molar-refractivity contribution in [3.8, 4) is 0 Å². The fourth-order valence-electron chi connectivity index (χ4n) is 1.36. The molecule has 0 saturated heterocycles. The van der Waals surface area contributed by atoms with E-state index >= 15 is 0 Å². The van der Waals surface area contributed by atoms with Crippen LogP contribution in [0.2, 0.25) is 0 Å². The third-order valence-corrected chi connectivity index (χ3v) is 2.14. The summed E-state index contributed by atoms with van der Waals surface area (Å²) in [5, 5.41) is 14.8. The molecule has 0 bridgehead atoms. The molecule has 0 unspecified atom stereocenters. The normalized spacial score (nSPS) is 8.58. The molecule has 0 spiro atoms. The molecule has 3 rings (SSSR count). The van der Waals surface area contributed by atoms with E-state index in [1.807, 2.05) is 19.9 Å². The molecule has 96 valence electrons. The van der Waals surface area contributed by atoms with Crippen LogP contribution >= 0.6 is 0 Å². The van der Waals surface area contributed by atoms with Crippen molar-refractivity contribution in [1.82, 2.24) is 25.4 Å². The minimum absolute atomic E-state index is 0. The molecule has 0 amide bonds. The van der Waals surface area contributed by atoms with Crippen molar-refractivity contribution in [3.05, 3.63) is 42.5 Å². The number of hydrogen-bond acceptors (Lipinski definition) is 3. The van der Waals surface area contributed by atoms with Gasteiger partial charge in [-0.05, 0) is 23.0 Å². The van der Waals surface area contributed by atoms with Crippen LogP contribution in [-0.4, -0.2) is 20.3 Å². The van der Waals surface area contributed by atoms with Crippen LogP contribution < -0.4 is 56.5 Å². The van der Waals surface area contributed by atoms with Crippen molar-refractivity contribution < 1.29 is 51.4 Å². The maximum atomic E-state index is 4.08. The van der Waals surface area contributed by atoms with Crippen LogP contribution in [0.5, 0.6) is 0 Å². The topological polar surface area (TPSA) is 68.6 Å². The summed E-state index contributed by atoms with van der Waals surface area (Å²) in [6, 6.07) is 3.71. The Morgan fingerprint density at radius 1 is 1.32 bits per heavy atom. The van der Waals surface area contributed by atoms with Gasteiger partial charge in [0.1, 0.15) is 0 Å². The number of aromatic nitrogens is 5. The average molecular weight is 282 g/mol. The number of hydrogen-bond donors (Lipinski definition) is 1. The monoisotopic (exact) mass is 282 g/mol. The van der Waals surface area contributed by atoms with E-state index < -0.39 is 0 Å². The number of pyridine rings is 1. The van der Waals surface area contributed by atoms with Crippen LogP contribution in [0.4, 0.5) is 0 Å². The van der Waals surface area contributed by atoms with E-state index in [-0.39, 0.29) is 51.4 Å². The fourth-order valence-corrected chi connectivity index (χ4v) is 1.36. The van der Waals surface area contributed by atoms with Crippen LogP contribution in [0.15, 0.2) is 30.7 Å². The van der Waals surface area contributed by atoms with E-state index in [2.05, 4.69) is 38.5 Å². The van der Waals surface area contributed by atoms with Crippen LogP contribution in [0.3, 0.4) is 0 Å². The smallest absolute Gasteiger partial charge is 0.441 e. The van der Waals surface area contributed by atoms with Gasteiger partial charge in [0.25, 0.3) is 0 Å². The SMILES string of the molecule is CC.CCc1ccnc2[n-]ncc12.[K+].[c-]1ccn[nH]1. The summed E-state index contributed by atoms with van der Waals surface area (Å²) in [6.07, 6.45) is 8.81. The van der Waals surface area contributed by atoms with Crippen LogP contribution in [-0.2, 0) is 6.42 Å². The molecule has 0 aliphatic carbocycles. The Morgan fingerprint density at radius 2 is 2.11 bits per heavy atom. The Balaban J connectivity index is 0.000000345. The molecule has 3 heterocycles. The standard InChI is InChI=1S/C8H8N3.C3H3N2.C2H6.K/c1-2-6-3-4-9-8-7(6)5-10-11-8;1-2-4-5-3-1;1-2;/h3-5H,2H2,1H3;1-2H,(H,4,5);1-2H3;/q2*-1;;+1. The molecule has 0 fully saturated rings. The van der Waals surface area contributed by atoms with E-state index in [1.165, 1.54) is 5.56 Å². The Morgan fingerprint density at radius 3 is 2.63 bits per heavy atom. The minimum Gasteiger partial charge on any atom is -0.441 e. The minimum atomic E-state index is 0. The van der Waals surface area contributed by atoms with Crippen molar-refractivity contribution in [2.75, 3.05) is 0 Å². The molecule has 0 atom stereocenters. The van der Waals surface area contributed by atoms with E-state index in [0.717, 1.165) is 17.5 Å². The zero-order valence-electron chi connectivity index (χ0n) is 11.9. The second-order valence-corrected chi connectivity index (χ2v) is 3.11. The van der Waals surface area contributed by atoms with Crippen LogP contribution in [0.1, 0.15) is 26.3 Å². The molecule has 19 heavy (non-hydrogen) atoms. The van der Waals surface area contributed by atoms with Crippen LogP contribution in [0.25, 0.3) is 11.0 Å². The molecule has 0 radical (unpaired) electrons. The predicted molar refractivity (Wildman–Crippen MR) is 71.0 cm³/mol. The molecular weight excluding hydrogens is 265 g/mol. The Bertz CT molecular complexity index is 516. The van der Waals surface area contributed by atoms with Gasteiger partial charge in [0.15, 0.2) is 0 Å². The number of aryl methyl sites for hydroxylation is 1. The molecule has 0 aliphatic rings. The zero-order chi connectivity index (χ0) is 13.2. The third kappa shape index (κ3) is 5.96. The van der Waals surface area contributed by atoms with Gasteiger partial charge in [0.05, 0.1) is 0 Å². The second-order valence-electron chi connectivity index (χ2n) is 3.11. The van der Waals surface area contributed by atoms with Crippen molar-refractivity contribution >= 4 is 11.0 Å². The average Bonchev–Trinajstić information content (AvgIpc) is 3.14. The zero-order valence-corrected chi connectivity index (χ0v) is 15.0. The Hall–Kier alpha value is -0.534. The molecule has 0 saturated carbocycles. The van der Waals surface area contributed by atoms with Crippen molar-refractivity contribution in [2.45, 2.75) is 27.2 Å². The maximum Gasteiger partial charge on any atom is 1.00 e. The van der Waals surface area contributed by atoms with Gasteiger partial charge in [-0.1, -0.05) is 33.0 Å². The first-order chi connectivity index (χ1) is 8.92. The quantitative estimate of drug-likeness (QED) is 0.477. The Labute approximate surface area is 156 Å². The summed E-state index contributed by atoms with van der Waals surface area (Å²) in [5.74, 6) is 0.